The maximum atomic E-state index is 12.1. The fourth-order valence-electron chi connectivity index (χ4n) is 3.07. The van der Waals surface area contributed by atoms with E-state index in [9.17, 15) is 9.59 Å². The highest BCUT2D eigenvalue weighted by molar-refractivity contribution is 5.78. The van der Waals surface area contributed by atoms with Crippen LogP contribution < -0.4 is 14.8 Å². The number of ether oxygens (including phenoxy) is 3. The molecular formula is C20H30N2O5. The van der Waals surface area contributed by atoms with Crippen molar-refractivity contribution in [2.75, 3.05) is 46.0 Å². The molecule has 0 aromatic heterocycles. The molecular weight excluding hydrogens is 348 g/mol. The summed E-state index contributed by atoms with van der Waals surface area (Å²) in [7, 11) is 0. The van der Waals surface area contributed by atoms with Gasteiger partial charge in [-0.2, -0.15) is 0 Å². The van der Waals surface area contributed by atoms with Gasteiger partial charge in [-0.05, 0) is 57.5 Å². The van der Waals surface area contributed by atoms with Crippen molar-refractivity contribution in [1.82, 2.24) is 10.2 Å². The lowest BCUT2D eigenvalue weighted by Gasteiger charge is -2.30. The number of amides is 1. The number of hydrogen-bond acceptors (Lipinski definition) is 6. The summed E-state index contributed by atoms with van der Waals surface area (Å²) >= 11 is 0. The van der Waals surface area contributed by atoms with Gasteiger partial charge in [0.1, 0.15) is 18.1 Å². The van der Waals surface area contributed by atoms with Crippen molar-refractivity contribution in [3.63, 3.8) is 0 Å². The predicted octanol–water partition coefficient (Wildman–Crippen LogP) is 1.86. The third-order valence-electron chi connectivity index (χ3n) is 4.32. The number of rotatable bonds is 10. The molecule has 1 saturated heterocycles. The first-order chi connectivity index (χ1) is 13.1. The van der Waals surface area contributed by atoms with E-state index >= 15 is 0 Å². The number of carbonyl (C=O) groups excluding carboxylic acids is 2. The zero-order valence-corrected chi connectivity index (χ0v) is 16.2. The van der Waals surface area contributed by atoms with Gasteiger partial charge in [0, 0.05) is 6.54 Å². The van der Waals surface area contributed by atoms with Crippen LogP contribution in [0.15, 0.2) is 24.3 Å². The summed E-state index contributed by atoms with van der Waals surface area (Å²) < 4.78 is 16.1. The maximum absolute atomic E-state index is 12.1. The number of likely N-dealkylation sites (tertiary alicyclic amines) is 1. The minimum absolute atomic E-state index is 0.0604. The van der Waals surface area contributed by atoms with Gasteiger partial charge in [0.25, 0.3) is 0 Å². The standard InChI is InChI=1S/C20H30N2O5/c1-3-25-17-7-9-18(10-8-17)27-13-11-21-19(23)15-22-12-5-6-16(14-22)20(24)26-4-2/h7-10,16H,3-6,11-15H2,1-2H3,(H,21,23)/t16-/m1/s1. The molecule has 7 heteroatoms. The molecule has 0 saturated carbocycles. The molecule has 1 atom stereocenters. The Hall–Kier alpha value is -2.28. The van der Waals surface area contributed by atoms with E-state index in [0.29, 0.717) is 39.5 Å². The van der Waals surface area contributed by atoms with Crippen molar-refractivity contribution < 1.29 is 23.8 Å². The smallest absolute Gasteiger partial charge is 0.310 e. The van der Waals surface area contributed by atoms with Crippen molar-refractivity contribution in [1.29, 1.82) is 0 Å². The van der Waals surface area contributed by atoms with E-state index in [4.69, 9.17) is 14.2 Å². The van der Waals surface area contributed by atoms with Crippen LogP contribution in [-0.4, -0.2) is 62.8 Å². The largest absolute Gasteiger partial charge is 0.494 e. The Bertz CT molecular complexity index is 591. The number of esters is 1. The highest BCUT2D eigenvalue weighted by Crippen LogP contribution is 2.18. The molecule has 1 heterocycles. The zero-order chi connectivity index (χ0) is 19.5. The van der Waals surface area contributed by atoms with Gasteiger partial charge < -0.3 is 19.5 Å². The first kappa shape index (κ1) is 21.0. The fraction of sp³-hybridized carbons (Fsp3) is 0.600. The normalized spacial score (nSPS) is 17.2. The molecule has 0 spiro atoms. The van der Waals surface area contributed by atoms with Crippen LogP contribution in [0.3, 0.4) is 0 Å². The lowest BCUT2D eigenvalue weighted by atomic mass is 9.98. The Balaban J connectivity index is 1.63. The molecule has 1 aromatic carbocycles. The molecule has 1 N–H and O–H groups in total. The van der Waals surface area contributed by atoms with Crippen molar-refractivity contribution in [3.8, 4) is 11.5 Å². The Labute approximate surface area is 161 Å². The molecule has 0 radical (unpaired) electrons. The lowest BCUT2D eigenvalue weighted by molar-refractivity contribution is -0.150. The third-order valence-corrected chi connectivity index (χ3v) is 4.32. The van der Waals surface area contributed by atoms with E-state index < -0.39 is 0 Å². The van der Waals surface area contributed by atoms with Gasteiger partial charge in [0.15, 0.2) is 0 Å². The summed E-state index contributed by atoms with van der Waals surface area (Å²) in [5, 5.41) is 2.85. The summed E-state index contributed by atoms with van der Waals surface area (Å²) in [6.45, 7) is 7.29. The highest BCUT2D eigenvalue weighted by Gasteiger charge is 2.27. The SMILES string of the molecule is CCOC(=O)[C@@H]1CCCN(CC(=O)NCCOc2ccc(OCC)cc2)C1. The molecule has 1 amide bonds. The van der Waals surface area contributed by atoms with Gasteiger partial charge in [0.05, 0.1) is 32.2 Å². The zero-order valence-electron chi connectivity index (χ0n) is 16.2. The average molecular weight is 378 g/mol. The number of piperidine rings is 1. The minimum Gasteiger partial charge on any atom is -0.494 e. The predicted molar refractivity (Wildman–Crippen MR) is 102 cm³/mol. The van der Waals surface area contributed by atoms with Crippen molar-refractivity contribution >= 4 is 11.9 Å². The Morgan fingerprint density at radius 2 is 1.81 bits per heavy atom. The second-order valence-corrected chi connectivity index (χ2v) is 6.43. The fourth-order valence-corrected chi connectivity index (χ4v) is 3.07. The molecule has 27 heavy (non-hydrogen) atoms. The minimum atomic E-state index is -0.161. The highest BCUT2D eigenvalue weighted by atomic mass is 16.5. The summed E-state index contributed by atoms with van der Waals surface area (Å²) in [5.74, 6) is 1.19. The van der Waals surface area contributed by atoms with Gasteiger partial charge in [-0.1, -0.05) is 0 Å². The van der Waals surface area contributed by atoms with Crippen LogP contribution in [0.2, 0.25) is 0 Å². The van der Waals surface area contributed by atoms with E-state index in [2.05, 4.69) is 5.32 Å². The molecule has 0 unspecified atom stereocenters. The van der Waals surface area contributed by atoms with Gasteiger partial charge in [-0.25, -0.2) is 0 Å². The lowest BCUT2D eigenvalue weighted by Crippen LogP contribution is -2.45. The van der Waals surface area contributed by atoms with Crippen LogP contribution in [0.1, 0.15) is 26.7 Å². The summed E-state index contributed by atoms with van der Waals surface area (Å²) in [6, 6.07) is 7.40. The third kappa shape index (κ3) is 7.46. The van der Waals surface area contributed by atoms with E-state index in [1.165, 1.54) is 0 Å². The van der Waals surface area contributed by atoms with Gasteiger partial charge in [-0.3, -0.25) is 14.5 Å². The van der Waals surface area contributed by atoms with Crippen LogP contribution in [0.4, 0.5) is 0 Å². The van der Waals surface area contributed by atoms with Crippen LogP contribution in [0, 0.1) is 5.92 Å². The Morgan fingerprint density at radius 3 is 2.48 bits per heavy atom. The second kappa shape index (κ2) is 11.4. The summed E-state index contributed by atoms with van der Waals surface area (Å²) in [6.07, 6.45) is 1.73. The monoisotopic (exact) mass is 378 g/mol. The number of carbonyl (C=O) groups is 2. The van der Waals surface area contributed by atoms with E-state index in [1.54, 1.807) is 6.92 Å². The second-order valence-electron chi connectivity index (χ2n) is 6.43. The quantitative estimate of drug-likeness (QED) is 0.495. The van der Waals surface area contributed by atoms with Gasteiger partial charge in [0.2, 0.25) is 5.91 Å². The van der Waals surface area contributed by atoms with Gasteiger partial charge >= 0.3 is 5.97 Å². The molecule has 0 bridgehead atoms. The molecule has 150 valence electrons. The number of nitrogens with zero attached hydrogens (tertiary/aromatic N) is 1. The molecule has 1 fully saturated rings. The number of benzene rings is 1. The molecule has 1 aliphatic heterocycles. The van der Waals surface area contributed by atoms with E-state index in [0.717, 1.165) is 30.9 Å². The topological polar surface area (TPSA) is 77.1 Å². The summed E-state index contributed by atoms with van der Waals surface area (Å²) in [5.41, 5.74) is 0. The van der Waals surface area contributed by atoms with Crippen LogP contribution >= 0.6 is 0 Å². The first-order valence-corrected chi connectivity index (χ1v) is 9.63. The molecule has 1 aliphatic rings. The van der Waals surface area contributed by atoms with Crippen LogP contribution in [-0.2, 0) is 14.3 Å². The van der Waals surface area contributed by atoms with Crippen LogP contribution in [0.25, 0.3) is 0 Å². The Morgan fingerprint density at radius 1 is 1.11 bits per heavy atom. The van der Waals surface area contributed by atoms with Crippen molar-refractivity contribution in [2.45, 2.75) is 26.7 Å². The number of hydrogen-bond donors (Lipinski definition) is 1. The van der Waals surface area contributed by atoms with Gasteiger partial charge in [-0.15, -0.1) is 0 Å². The van der Waals surface area contributed by atoms with Crippen LogP contribution in [0.5, 0.6) is 11.5 Å². The van der Waals surface area contributed by atoms with Crippen molar-refractivity contribution in [2.24, 2.45) is 5.92 Å². The van der Waals surface area contributed by atoms with E-state index in [1.807, 2.05) is 36.1 Å². The number of nitrogens with one attached hydrogen (secondary N) is 1. The summed E-state index contributed by atoms with van der Waals surface area (Å²) in [4.78, 5) is 26.0. The molecule has 7 nitrogen and oxygen atoms in total. The molecule has 0 aliphatic carbocycles. The first-order valence-electron chi connectivity index (χ1n) is 9.63. The van der Waals surface area contributed by atoms with Crippen molar-refractivity contribution in [3.05, 3.63) is 24.3 Å². The maximum Gasteiger partial charge on any atom is 0.310 e. The molecule has 2 rings (SSSR count). The van der Waals surface area contributed by atoms with E-state index in [-0.39, 0.29) is 17.8 Å². The average Bonchev–Trinajstić information content (AvgIpc) is 2.67. The molecule has 1 aromatic rings. The Kier molecular flexibility index (Phi) is 8.91.